The summed E-state index contributed by atoms with van der Waals surface area (Å²) < 4.78 is 15.0. The summed E-state index contributed by atoms with van der Waals surface area (Å²) in [6, 6.07) is 0. The standard InChI is InChI=1S/C37H65F.2CH2O/c1-26(2)16-13-17-27(3)18-14-19-28(4)20-15-22-37(12)23-21-32-31(7)33(24-35(8,9)36(10,11)38)29(5)30(6)34(32)25-37;2*1-2/h26-28H,13-25H2,1-12H3;2*1H2. The predicted molar refractivity (Wildman–Crippen MR) is 182 cm³/mol. The molecule has 1 aliphatic rings. The van der Waals surface area contributed by atoms with E-state index >= 15 is 4.39 Å². The molecule has 1 aliphatic carbocycles. The van der Waals surface area contributed by atoms with Crippen LogP contribution in [0.5, 0.6) is 0 Å². The van der Waals surface area contributed by atoms with Gasteiger partial charge < -0.3 is 9.59 Å². The summed E-state index contributed by atoms with van der Waals surface area (Å²) in [6.45, 7) is 30.8. The maximum atomic E-state index is 15.0. The van der Waals surface area contributed by atoms with E-state index in [1.165, 1.54) is 99.3 Å². The molecule has 2 nitrogen and oxygen atoms in total. The summed E-state index contributed by atoms with van der Waals surface area (Å²) in [5.41, 5.74) is 7.80. The summed E-state index contributed by atoms with van der Waals surface area (Å²) in [4.78, 5) is 16.0. The fourth-order valence-corrected chi connectivity index (χ4v) is 6.87. The van der Waals surface area contributed by atoms with Crippen molar-refractivity contribution in [1.29, 1.82) is 0 Å². The molecule has 0 saturated carbocycles. The van der Waals surface area contributed by atoms with Gasteiger partial charge in [0.05, 0.1) is 0 Å². The number of fused-ring (bicyclic) bond motifs is 1. The van der Waals surface area contributed by atoms with Gasteiger partial charge in [-0.15, -0.1) is 0 Å². The summed E-state index contributed by atoms with van der Waals surface area (Å²) in [5, 5.41) is 0. The second kappa shape index (κ2) is 18.3. The molecule has 0 bridgehead atoms. The van der Waals surface area contributed by atoms with Gasteiger partial charge in [-0.2, -0.15) is 0 Å². The monoisotopic (exact) mass is 589 g/mol. The van der Waals surface area contributed by atoms with Crippen molar-refractivity contribution in [2.75, 3.05) is 0 Å². The normalized spacial score (nSPS) is 18.3. The third kappa shape index (κ3) is 12.2. The lowest BCUT2D eigenvalue weighted by atomic mass is 9.66. The first kappa shape index (κ1) is 40.5. The van der Waals surface area contributed by atoms with Crippen molar-refractivity contribution >= 4 is 13.6 Å². The van der Waals surface area contributed by atoms with E-state index in [1.54, 1.807) is 25.0 Å². The Balaban J connectivity index is 0.00000402. The van der Waals surface area contributed by atoms with E-state index in [9.17, 15) is 0 Å². The summed E-state index contributed by atoms with van der Waals surface area (Å²) in [5.74, 6) is 2.60. The zero-order valence-electron chi connectivity index (χ0n) is 30.0. The van der Waals surface area contributed by atoms with Crippen LogP contribution in [-0.2, 0) is 28.9 Å². The first-order chi connectivity index (χ1) is 19.5. The molecule has 0 aromatic heterocycles. The van der Waals surface area contributed by atoms with Gasteiger partial charge in [-0.25, -0.2) is 4.39 Å². The Bertz CT molecular complexity index is 924. The Kier molecular flexibility index (Phi) is 17.7. The second-order valence-electron chi connectivity index (χ2n) is 15.7. The van der Waals surface area contributed by atoms with Gasteiger partial charge in [-0.1, -0.05) is 99.8 Å². The van der Waals surface area contributed by atoms with Gasteiger partial charge in [-0.05, 0) is 123 Å². The molecule has 3 heteroatoms. The average Bonchev–Trinajstić information content (AvgIpc) is 2.91. The third-order valence-corrected chi connectivity index (χ3v) is 10.9. The zero-order valence-corrected chi connectivity index (χ0v) is 30.0. The van der Waals surface area contributed by atoms with E-state index < -0.39 is 5.67 Å². The minimum absolute atomic E-state index is 0.380. The molecule has 42 heavy (non-hydrogen) atoms. The maximum absolute atomic E-state index is 15.0. The zero-order chi connectivity index (χ0) is 32.9. The summed E-state index contributed by atoms with van der Waals surface area (Å²) in [6.07, 6.45) is 17.1. The van der Waals surface area contributed by atoms with Gasteiger partial charge >= 0.3 is 0 Å². The van der Waals surface area contributed by atoms with Crippen LogP contribution < -0.4 is 0 Å². The first-order valence-corrected chi connectivity index (χ1v) is 16.8. The van der Waals surface area contributed by atoms with Crippen LogP contribution in [0.25, 0.3) is 0 Å². The Morgan fingerprint density at radius 2 is 1.21 bits per heavy atom. The molecule has 3 unspecified atom stereocenters. The highest BCUT2D eigenvalue weighted by Crippen LogP contribution is 2.45. The minimum Gasteiger partial charge on any atom is -0.307 e. The van der Waals surface area contributed by atoms with Crippen LogP contribution in [0.4, 0.5) is 4.39 Å². The van der Waals surface area contributed by atoms with Crippen molar-refractivity contribution in [2.45, 2.75) is 172 Å². The molecule has 1 aromatic carbocycles. The molecular weight excluding hydrogens is 519 g/mol. The highest BCUT2D eigenvalue weighted by molar-refractivity contribution is 5.52. The van der Waals surface area contributed by atoms with E-state index in [2.05, 4.69) is 69.2 Å². The fourth-order valence-electron chi connectivity index (χ4n) is 6.87. The molecule has 0 N–H and O–H groups in total. The molecule has 0 fully saturated rings. The highest BCUT2D eigenvalue weighted by atomic mass is 19.1. The number of alkyl halides is 1. The van der Waals surface area contributed by atoms with Gasteiger partial charge in [0.2, 0.25) is 0 Å². The fraction of sp³-hybridized carbons (Fsp3) is 0.795. The van der Waals surface area contributed by atoms with Crippen LogP contribution in [0.1, 0.15) is 160 Å². The van der Waals surface area contributed by atoms with Crippen molar-refractivity contribution < 1.29 is 14.0 Å². The molecular formula is C39H69FO2. The molecule has 244 valence electrons. The van der Waals surface area contributed by atoms with Crippen molar-refractivity contribution in [3.05, 3.63) is 33.4 Å². The molecule has 0 heterocycles. The number of carbonyl (C=O) groups is 2. The number of halogens is 1. The van der Waals surface area contributed by atoms with Gasteiger partial charge in [0.15, 0.2) is 0 Å². The first-order valence-electron chi connectivity index (χ1n) is 16.8. The summed E-state index contributed by atoms with van der Waals surface area (Å²) in [7, 11) is 0. The van der Waals surface area contributed by atoms with Gasteiger partial charge in [0, 0.05) is 5.41 Å². The molecule has 3 atom stereocenters. The lowest BCUT2D eigenvalue weighted by Gasteiger charge is -2.40. The van der Waals surface area contributed by atoms with Gasteiger partial charge in [0.25, 0.3) is 0 Å². The molecule has 1 aromatic rings. The average molecular weight is 589 g/mol. The van der Waals surface area contributed by atoms with Crippen LogP contribution in [0, 0.1) is 49.4 Å². The molecule has 0 spiro atoms. The Morgan fingerprint density at radius 3 is 1.69 bits per heavy atom. The topological polar surface area (TPSA) is 34.1 Å². The van der Waals surface area contributed by atoms with Crippen LogP contribution in [0.3, 0.4) is 0 Å². The van der Waals surface area contributed by atoms with Crippen molar-refractivity contribution in [1.82, 2.24) is 0 Å². The van der Waals surface area contributed by atoms with E-state index in [-0.39, 0.29) is 5.41 Å². The molecule has 2 rings (SSSR count). The van der Waals surface area contributed by atoms with Crippen LogP contribution >= 0.6 is 0 Å². The smallest absolute Gasteiger partial charge is 0.110 e. The minimum atomic E-state index is -1.20. The number of carbonyl (C=O) groups excluding carboxylic acids is 2. The Hall–Kier alpha value is -1.51. The molecule has 0 aliphatic heterocycles. The lowest BCUT2D eigenvalue weighted by Crippen LogP contribution is -2.37. The van der Waals surface area contributed by atoms with Crippen molar-refractivity contribution in [3.63, 3.8) is 0 Å². The molecule has 0 saturated heterocycles. The molecule has 0 radical (unpaired) electrons. The number of rotatable bonds is 15. The predicted octanol–water partition coefficient (Wildman–Crippen LogP) is 11.5. The largest absolute Gasteiger partial charge is 0.307 e. The number of hydrogen-bond acceptors (Lipinski definition) is 2. The van der Waals surface area contributed by atoms with Crippen molar-refractivity contribution in [3.8, 4) is 0 Å². The third-order valence-electron chi connectivity index (χ3n) is 10.9. The SMILES string of the molecule is C=O.C=O.Cc1c(C)c2c(c(C)c1CC(C)(C)C(C)(C)F)CCC(C)(CCCC(C)CCCC(C)CCCC(C)C)C2. The maximum Gasteiger partial charge on any atom is 0.110 e. The van der Waals surface area contributed by atoms with Crippen LogP contribution in [0.15, 0.2) is 0 Å². The summed E-state index contributed by atoms with van der Waals surface area (Å²) >= 11 is 0. The second-order valence-corrected chi connectivity index (χ2v) is 15.7. The van der Waals surface area contributed by atoms with Gasteiger partial charge in [0.1, 0.15) is 19.2 Å². The van der Waals surface area contributed by atoms with Gasteiger partial charge in [-0.3, -0.25) is 0 Å². The van der Waals surface area contributed by atoms with Crippen LogP contribution in [0.2, 0.25) is 0 Å². The van der Waals surface area contributed by atoms with E-state index in [0.717, 1.165) is 24.2 Å². The highest BCUT2D eigenvalue weighted by Gasteiger charge is 2.39. The lowest BCUT2D eigenvalue weighted by molar-refractivity contribution is -0.0987. The number of hydrogen-bond donors (Lipinski definition) is 0. The van der Waals surface area contributed by atoms with E-state index in [0.29, 0.717) is 5.41 Å². The van der Waals surface area contributed by atoms with Crippen molar-refractivity contribution in [2.24, 2.45) is 28.6 Å². The quantitative estimate of drug-likeness (QED) is 0.204. The van der Waals surface area contributed by atoms with Crippen LogP contribution in [-0.4, -0.2) is 19.2 Å². The Labute approximate surface area is 261 Å². The number of benzene rings is 1. The molecule has 0 amide bonds. The Morgan fingerprint density at radius 1 is 0.738 bits per heavy atom. The van der Waals surface area contributed by atoms with E-state index in [1.807, 2.05) is 13.6 Å². The van der Waals surface area contributed by atoms with E-state index in [4.69, 9.17) is 9.59 Å².